The Morgan fingerprint density at radius 1 is 1.03 bits per heavy atom. The second-order valence-electron chi connectivity index (χ2n) is 8.35. The van der Waals surface area contributed by atoms with Gasteiger partial charge in [-0.1, -0.05) is 36.4 Å². The third-order valence-corrected chi connectivity index (χ3v) is 5.46. The van der Waals surface area contributed by atoms with Gasteiger partial charge in [0.2, 0.25) is 0 Å². The fraction of sp³-hybridized carbons (Fsp3) is 0.185. The molecule has 4 rings (SSSR count). The predicted octanol–water partition coefficient (Wildman–Crippen LogP) is 4.96. The van der Waals surface area contributed by atoms with Crippen molar-refractivity contribution in [2.75, 3.05) is 21.2 Å². The molecule has 0 unspecified atom stereocenters. The molecule has 174 valence electrons. The summed E-state index contributed by atoms with van der Waals surface area (Å²) in [6.45, 7) is 0.813. The average molecular weight is 460 g/mol. The molecule has 2 N–H and O–H groups in total. The molecule has 0 fully saturated rings. The van der Waals surface area contributed by atoms with Gasteiger partial charge in [0, 0.05) is 17.5 Å². The van der Waals surface area contributed by atoms with Crippen LogP contribution in [0.4, 0.5) is 10.1 Å². The van der Waals surface area contributed by atoms with Gasteiger partial charge in [-0.2, -0.15) is 0 Å². The minimum absolute atomic E-state index is 0.0952. The summed E-state index contributed by atoms with van der Waals surface area (Å²) in [7, 11) is 5.38. The van der Waals surface area contributed by atoms with E-state index in [1.54, 1.807) is 6.07 Å². The van der Waals surface area contributed by atoms with Crippen molar-refractivity contribution in [3.63, 3.8) is 0 Å². The highest BCUT2D eigenvalue weighted by Crippen LogP contribution is 2.32. The van der Waals surface area contributed by atoms with Crippen molar-refractivity contribution < 1.29 is 19.0 Å². The Morgan fingerprint density at radius 2 is 1.71 bits per heavy atom. The summed E-state index contributed by atoms with van der Waals surface area (Å²) in [6.07, 6.45) is 0.161. The summed E-state index contributed by atoms with van der Waals surface area (Å²) in [5, 5.41) is 11.4. The lowest BCUT2D eigenvalue weighted by molar-refractivity contribution is -0.139. The predicted molar refractivity (Wildman–Crippen MR) is 131 cm³/mol. The number of halogens is 1. The number of hydrogen-bond acceptors (Lipinski definition) is 5. The molecule has 0 bridgehead atoms. The third-order valence-electron chi connectivity index (χ3n) is 5.46. The van der Waals surface area contributed by atoms with Crippen molar-refractivity contribution >= 4 is 28.3 Å². The molecule has 0 saturated carbocycles. The Morgan fingerprint density at radius 3 is 2.35 bits per heavy atom. The lowest BCUT2D eigenvalue weighted by atomic mass is 9.99. The van der Waals surface area contributed by atoms with E-state index in [0.29, 0.717) is 27.9 Å². The number of aliphatic imine (C=N–C) groups is 1. The van der Waals surface area contributed by atoms with Crippen molar-refractivity contribution in [3.05, 3.63) is 94.8 Å². The second kappa shape index (κ2) is 9.89. The highest BCUT2D eigenvalue weighted by Gasteiger charge is 2.19. The fourth-order valence-electron chi connectivity index (χ4n) is 3.85. The molecule has 0 atom stereocenters. The van der Waals surface area contributed by atoms with Crippen LogP contribution in [0, 0.1) is 5.82 Å². The van der Waals surface area contributed by atoms with E-state index in [4.69, 9.17) is 9.73 Å². The topological polar surface area (TPSA) is 77.9 Å². The summed E-state index contributed by atoms with van der Waals surface area (Å²) < 4.78 is 18.5. The van der Waals surface area contributed by atoms with Crippen molar-refractivity contribution in [2.24, 2.45) is 4.99 Å². The SMILES string of the molecule is COC(=O)Cc1ccc(C(=Nc2ccc(CN(C)C)cc2)c2c(O)[nH]c3cc(F)ccc23)cc1. The zero-order valence-electron chi connectivity index (χ0n) is 19.3. The molecule has 7 heteroatoms. The first-order chi connectivity index (χ1) is 16.3. The van der Waals surface area contributed by atoms with Gasteiger partial charge in [-0.3, -0.25) is 4.79 Å². The van der Waals surface area contributed by atoms with E-state index in [-0.39, 0.29) is 18.3 Å². The monoisotopic (exact) mass is 459 g/mol. The zero-order chi connectivity index (χ0) is 24.2. The highest BCUT2D eigenvalue weighted by atomic mass is 19.1. The fourth-order valence-corrected chi connectivity index (χ4v) is 3.85. The third kappa shape index (κ3) is 5.15. The minimum Gasteiger partial charge on any atom is -0.494 e. The number of H-pyrrole nitrogens is 1. The lowest BCUT2D eigenvalue weighted by Gasteiger charge is -2.11. The zero-order valence-corrected chi connectivity index (χ0v) is 19.3. The van der Waals surface area contributed by atoms with Gasteiger partial charge < -0.3 is 19.7 Å². The molecule has 1 aromatic heterocycles. The van der Waals surface area contributed by atoms with Crippen LogP contribution in [-0.4, -0.2) is 47.9 Å². The molecule has 0 radical (unpaired) electrons. The summed E-state index contributed by atoms with van der Waals surface area (Å²) in [5.74, 6) is -0.819. The van der Waals surface area contributed by atoms with E-state index in [2.05, 4.69) is 9.88 Å². The van der Waals surface area contributed by atoms with E-state index in [9.17, 15) is 14.3 Å². The molecular formula is C27H26FN3O3. The van der Waals surface area contributed by atoms with Gasteiger partial charge in [0.05, 0.1) is 36.0 Å². The maximum Gasteiger partial charge on any atom is 0.309 e. The van der Waals surface area contributed by atoms with Crippen LogP contribution in [0.2, 0.25) is 0 Å². The van der Waals surface area contributed by atoms with Gasteiger partial charge in [-0.15, -0.1) is 0 Å². The maximum absolute atomic E-state index is 13.8. The number of fused-ring (bicyclic) bond motifs is 1. The van der Waals surface area contributed by atoms with E-state index < -0.39 is 5.82 Å². The molecule has 0 aliphatic carbocycles. The van der Waals surface area contributed by atoms with E-state index in [1.807, 2.05) is 62.6 Å². The standard InChI is InChI=1S/C27H26FN3O3/c1-31(2)16-18-6-11-21(12-7-18)29-26(19-8-4-17(5-9-19)14-24(32)34-3)25-22-13-10-20(28)15-23(22)30-27(25)33/h4-13,15,30,33H,14,16H2,1-3H3. The first-order valence-electron chi connectivity index (χ1n) is 10.8. The molecule has 0 amide bonds. The van der Waals surface area contributed by atoms with Crippen LogP contribution in [0.25, 0.3) is 10.9 Å². The second-order valence-corrected chi connectivity index (χ2v) is 8.35. The van der Waals surface area contributed by atoms with E-state index in [0.717, 1.165) is 23.2 Å². The normalized spacial score (nSPS) is 11.9. The summed E-state index contributed by atoms with van der Waals surface area (Å²) >= 11 is 0. The number of rotatable bonds is 7. The van der Waals surface area contributed by atoms with Crippen molar-refractivity contribution in [1.29, 1.82) is 0 Å². The first-order valence-corrected chi connectivity index (χ1v) is 10.8. The van der Waals surface area contributed by atoms with Crippen LogP contribution < -0.4 is 0 Å². The van der Waals surface area contributed by atoms with E-state index in [1.165, 1.54) is 19.2 Å². The summed E-state index contributed by atoms with van der Waals surface area (Å²) in [4.78, 5) is 21.4. The molecule has 0 spiro atoms. The van der Waals surface area contributed by atoms with Gasteiger partial charge in [0.1, 0.15) is 5.82 Å². The number of aromatic hydroxyl groups is 1. The number of aromatic amines is 1. The quantitative estimate of drug-likeness (QED) is 0.303. The Balaban J connectivity index is 1.81. The highest BCUT2D eigenvalue weighted by molar-refractivity contribution is 6.21. The van der Waals surface area contributed by atoms with Gasteiger partial charge in [0.25, 0.3) is 0 Å². The van der Waals surface area contributed by atoms with Gasteiger partial charge in [0.15, 0.2) is 5.88 Å². The molecular weight excluding hydrogens is 433 g/mol. The molecule has 3 aromatic carbocycles. The molecule has 0 aliphatic heterocycles. The molecule has 34 heavy (non-hydrogen) atoms. The van der Waals surface area contributed by atoms with E-state index >= 15 is 0 Å². The van der Waals surface area contributed by atoms with Crippen LogP contribution in [0.1, 0.15) is 22.3 Å². The molecule has 4 aromatic rings. The lowest BCUT2D eigenvalue weighted by Crippen LogP contribution is -2.10. The maximum atomic E-state index is 13.8. The van der Waals surface area contributed by atoms with Crippen molar-refractivity contribution in [2.45, 2.75) is 13.0 Å². The Bertz CT molecular complexity index is 1340. The Hall–Kier alpha value is -3.97. The Labute approximate surface area is 197 Å². The number of nitrogens with zero attached hydrogens (tertiary/aromatic N) is 2. The molecule has 0 aliphatic rings. The smallest absolute Gasteiger partial charge is 0.309 e. The van der Waals surface area contributed by atoms with Crippen LogP contribution in [-0.2, 0) is 22.5 Å². The number of ether oxygens (including phenoxy) is 1. The summed E-state index contributed by atoms with van der Waals surface area (Å²) in [6, 6.07) is 19.5. The van der Waals surface area contributed by atoms with Crippen LogP contribution in [0.15, 0.2) is 71.7 Å². The average Bonchev–Trinajstić information content (AvgIpc) is 3.13. The number of carbonyl (C=O) groups excluding carboxylic acids is 1. The molecule has 6 nitrogen and oxygen atoms in total. The number of carbonyl (C=O) groups is 1. The van der Waals surface area contributed by atoms with Crippen LogP contribution in [0.3, 0.4) is 0 Å². The number of methoxy groups -OCH3 is 1. The number of benzene rings is 3. The number of aromatic nitrogens is 1. The van der Waals surface area contributed by atoms with Gasteiger partial charge in [-0.25, -0.2) is 9.38 Å². The largest absolute Gasteiger partial charge is 0.494 e. The minimum atomic E-state index is -0.401. The van der Waals surface area contributed by atoms with Crippen molar-refractivity contribution in [3.8, 4) is 5.88 Å². The van der Waals surface area contributed by atoms with Gasteiger partial charge >= 0.3 is 5.97 Å². The number of esters is 1. The molecule has 1 heterocycles. The molecule has 0 saturated heterocycles. The Kier molecular flexibility index (Phi) is 6.75. The van der Waals surface area contributed by atoms with Crippen LogP contribution in [0.5, 0.6) is 5.88 Å². The van der Waals surface area contributed by atoms with Gasteiger partial charge in [-0.05, 0) is 55.6 Å². The van der Waals surface area contributed by atoms with Crippen LogP contribution >= 0.6 is 0 Å². The first kappa shape index (κ1) is 23.2. The van der Waals surface area contributed by atoms with Crippen molar-refractivity contribution in [1.82, 2.24) is 9.88 Å². The number of hydrogen-bond donors (Lipinski definition) is 2. The number of nitrogens with one attached hydrogen (secondary N) is 1. The summed E-state index contributed by atoms with van der Waals surface area (Å²) in [5.41, 5.74) is 4.90.